The van der Waals surface area contributed by atoms with E-state index in [2.05, 4.69) is 13.8 Å². The zero-order chi connectivity index (χ0) is 10.7. The molecule has 0 amide bonds. The first kappa shape index (κ1) is 11.1. The average molecular weight is 214 g/mol. The summed E-state index contributed by atoms with van der Waals surface area (Å²) in [5.41, 5.74) is 6.76. The van der Waals surface area contributed by atoms with Crippen molar-refractivity contribution in [2.75, 3.05) is 0 Å². The summed E-state index contributed by atoms with van der Waals surface area (Å²) in [5, 5.41) is 12.4. The molecule has 0 aromatic carbocycles. The highest BCUT2D eigenvalue weighted by molar-refractivity contribution is 7.13. The highest BCUT2D eigenvalue weighted by Crippen LogP contribution is 2.28. The predicted molar refractivity (Wildman–Crippen MR) is 57.4 cm³/mol. The Hall–Kier alpha value is -0.940. The molecule has 2 N–H and O–H groups in total. The summed E-state index contributed by atoms with van der Waals surface area (Å²) in [6, 6.07) is 1.48. The molecule has 14 heavy (non-hydrogen) atoms. The molecule has 0 aliphatic rings. The molecule has 1 aromatic heterocycles. The van der Waals surface area contributed by atoms with Crippen molar-refractivity contribution in [3.05, 3.63) is 27.1 Å². The van der Waals surface area contributed by atoms with E-state index in [0.717, 1.165) is 23.3 Å². The van der Waals surface area contributed by atoms with Crippen molar-refractivity contribution in [3.63, 3.8) is 0 Å². The summed E-state index contributed by atoms with van der Waals surface area (Å²) in [7, 11) is 0. The van der Waals surface area contributed by atoms with Gasteiger partial charge in [-0.25, -0.2) is 0 Å². The molecule has 5 heteroatoms. The molecule has 1 aromatic rings. The van der Waals surface area contributed by atoms with Crippen LogP contribution in [0.15, 0.2) is 11.4 Å². The highest BCUT2D eigenvalue weighted by Gasteiger charge is 2.15. The fourth-order valence-corrected chi connectivity index (χ4v) is 2.06. The average Bonchev–Trinajstić information content (AvgIpc) is 2.50. The van der Waals surface area contributed by atoms with Gasteiger partial charge in [0.1, 0.15) is 0 Å². The molecule has 0 aliphatic carbocycles. The van der Waals surface area contributed by atoms with Gasteiger partial charge in [-0.15, -0.1) is 0 Å². The molecule has 4 nitrogen and oxygen atoms in total. The molecule has 0 fully saturated rings. The van der Waals surface area contributed by atoms with Gasteiger partial charge < -0.3 is 5.73 Å². The Labute approximate surface area is 86.9 Å². The van der Waals surface area contributed by atoms with Gasteiger partial charge in [0.05, 0.1) is 4.92 Å². The predicted octanol–water partition coefficient (Wildman–Crippen LogP) is 2.70. The Morgan fingerprint density at radius 1 is 1.64 bits per heavy atom. The Balaban J connectivity index is 2.71. The molecule has 0 saturated heterocycles. The zero-order valence-electron chi connectivity index (χ0n) is 8.27. The van der Waals surface area contributed by atoms with Crippen LogP contribution in [-0.4, -0.2) is 4.92 Å². The minimum Gasteiger partial charge on any atom is -0.324 e. The topological polar surface area (TPSA) is 69.2 Å². The monoisotopic (exact) mass is 214 g/mol. The number of hydrogen-bond donors (Lipinski definition) is 1. The van der Waals surface area contributed by atoms with Gasteiger partial charge in [0.25, 0.3) is 0 Å². The molecule has 78 valence electrons. The number of hydrogen-bond acceptors (Lipinski definition) is 4. The van der Waals surface area contributed by atoms with Crippen molar-refractivity contribution in [1.82, 2.24) is 0 Å². The lowest BCUT2D eigenvalue weighted by Gasteiger charge is -2.11. The summed E-state index contributed by atoms with van der Waals surface area (Å²) < 4.78 is 0. The zero-order valence-corrected chi connectivity index (χ0v) is 9.08. The molecular formula is C9H14N2O2S. The first-order valence-corrected chi connectivity index (χ1v) is 5.37. The smallest absolute Gasteiger partial charge is 0.324 e. The number of nitrogens with two attached hydrogens (primary N) is 1. The second kappa shape index (κ2) is 4.52. The van der Waals surface area contributed by atoms with E-state index < -0.39 is 0 Å². The van der Waals surface area contributed by atoms with Crippen molar-refractivity contribution < 1.29 is 4.92 Å². The van der Waals surface area contributed by atoms with Crippen LogP contribution in [0.5, 0.6) is 0 Å². The Kier molecular flexibility index (Phi) is 3.60. The van der Waals surface area contributed by atoms with Crippen molar-refractivity contribution >= 4 is 16.3 Å². The van der Waals surface area contributed by atoms with Crippen LogP contribution in [0.3, 0.4) is 0 Å². The summed E-state index contributed by atoms with van der Waals surface area (Å²) >= 11 is 1.13. The van der Waals surface area contributed by atoms with Gasteiger partial charge in [0.15, 0.2) is 0 Å². The van der Waals surface area contributed by atoms with Gasteiger partial charge in [0.2, 0.25) is 0 Å². The third kappa shape index (κ3) is 2.78. The van der Waals surface area contributed by atoms with Gasteiger partial charge in [0, 0.05) is 17.5 Å². The normalized spacial score (nSPS) is 13.1. The van der Waals surface area contributed by atoms with Crippen molar-refractivity contribution in [2.24, 2.45) is 11.7 Å². The van der Waals surface area contributed by atoms with Gasteiger partial charge in [-0.2, -0.15) is 0 Å². The van der Waals surface area contributed by atoms with Crippen molar-refractivity contribution in [3.8, 4) is 0 Å². The van der Waals surface area contributed by atoms with E-state index >= 15 is 0 Å². The molecular weight excluding hydrogens is 200 g/mol. The van der Waals surface area contributed by atoms with E-state index in [1.54, 1.807) is 11.4 Å². The van der Waals surface area contributed by atoms with E-state index in [1.165, 1.54) is 0 Å². The SMILES string of the molecule is CC(C)C[C@@H](N)c1csc([N+](=O)[O-])c1. The maximum Gasteiger partial charge on any atom is 0.324 e. The van der Waals surface area contributed by atoms with Gasteiger partial charge in [-0.3, -0.25) is 10.1 Å². The van der Waals surface area contributed by atoms with Crippen LogP contribution in [0, 0.1) is 16.0 Å². The minimum atomic E-state index is -0.379. The molecule has 0 bridgehead atoms. The van der Waals surface area contributed by atoms with Crippen LogP contribution in [0.2, 0.25) is 0 Å². The minimum absolute atomic E-state index is 0.0834. The van der Waals surface area contributed by atoms with Gasteiger partial charge >= 0.3 is 5.00 Å². The summed E-state index contributed by atoms with van der Waals surface area (Å²) in [4.78, 5) is 10.1. The van der Waals surface area contributed by atoms with E-state index in [0.29, 0.717) is 5.92 Å². The van der Waals surface area contributed by atoms with Gasteiger partial charge in [-0.05, 0) is 17.9 Å². The van der Waals surface area contributed by atoms with E-state index in [1.807, 2.05) is 0 Å². The Morgan fingerprint density at radius 3 is 2.71 bits per heavy atom. The van der Waals surface area contributed by atoms with E-state index in [4.69, 9.17) is 5.73 Å². The standard InChI is InChI=1S/C9H14N2O2S/c1-6(2)3-8(10)7-4-9(11(12)13)14-5-7/h4-6,8H,3,10H2,1-2H3/t8-/m1/s1. The summed E-state index contributed by atoms with van der Waals surface area (Å²) in [6.45, 7) is 4.17. The molecule has 1 rings (SSSR count). The van der Waals surface area contributed by atoms with Crippen LogP contribution < -0.4 is 5.73 Å². The van der Waals surface area contributed by atoms with Crippen LogP contribution in [-0.2, 0) is 0 Å². The van der Waals surface area contributed by atoms with E-state index in [-0.39, 0.29) is 16.0 Å². The molecule has 0 unspecified atom stereocenters. The van der Waals surface area contributed by atoms with Crippen molar-refractivity contribution in [2.45, 2.75) is 26.3 Å². The number of nitro groups is 1. The quantitative estimate of drug-likeness (QED) is 0.618. The molecule has 0 spiro atoms. The Bertz CT molecular complexity index is 322. The summed E-state index contributed by atoms with van der Waals surface area (Å²) in [6.07, 6.45) is 0.855. The van der Waals surface area contributed by atoms with Gasteiger partial charge in [-0.1, -0.05) is 25.2 Å². The maximum atomic E-state index is 10.4. The lowest BCUT2D eigenvalue weighted by molar-refractivity contribution is -0.380. The molecule has 1 heterocycles. The first-order chi connectivity index (χ1) is 6.50. The first-order valence-electron chi connectivity index (χ1n) is 4.49. The largest absolute Gasteiger partial charge is 0.324 e. The lowest BCUT2D eigenvalue weighted by Crippen LogP contribution is -2.11. The third-order valence-corrected chi connectivity index (χ3v) is 2.84. The Morgan fingerprint density at radius 2 is 2.29 bits per heavy atom. The van der Waals surface area contributed by atoms with Crippen LogP contribution in [0.1, 0.15) is 31.9 Å². The molecule has 1 atom stereocenters. The van der Waals surface area contributed by atoms with Crippen LogP contribution >= 0.6 is 11.3 Å². The summed E-state index contributed by atoms with van der Waals surface area (Å²) in [5.74, 6) is 0.504. The fourth-order valence-electron chi connectivity index (χ4n) is 1.27. The number of thiophene rings is 1. The second-order valence-corrected chi connectivity index (χ2v) is 4.60. The number of nitrogens with zero attached hydrogens (tertiary/aromatic N) is 1. The maximum absolute atomic E-state index is 10.4. The van der Waals surface area contributed by atoms with Crippen molar-refractivity contribution in [1.29, 1.82) is 0 Å². The number of rotatable bonds is 4. The molecule has 0 radical (unpaired) electrons. The van der Waals surface area contributed by atoms with Crippen LogP contribution in [0.4, 0.5) is 5.00 Å². The second-order valence-electron chi connectivity index (χ2n) is 3.71. The molecule has 0 saturated carbocycles. The van der Waals surface area contributed by atoms with E-state index in [9.17, 15) is 10.1 Å². The molecule has 0 aliphatic heterocycles. The lowest BCUT2D eigenvalue weighted by atomic mass is 10.0. The highest BCUT2D eigenvalue weighted by atomic mass is 32.1. The van der Waals surface area contributed by atoms with Crippen LogP contribution in [0.25, 0.3) is 0 Å². The third-order valence-electron chi connectivity index (χ3n) is 1.94. The fraction of sp³-hybridized carbons (Fsp3) is 0.556.